The molecule has 1 aliphatic heterocycles. The highest BCUT2D eigenvalue weighted by atomic mass is 127. The van der Waals surface area contributed by atoms with Crippen molar-refractivity contribution in [2.75, 3.05) is 32.1 Å². The number of benzene rings is 1. The lowest BCUT2D eigenvalue weighted by molar-refractivity contribution is 0.191. The number of halogens is 1. The Morgan fingerprint density at radius 3 is 2.56 bits per heavy atom. The molecular weight excluding hydrogens is 475 g/mol. The lowest BCUT2D eigenvalue weighted by Crippen LogP contribution is -2.49. The predicted molar refractivity (Wildman–Crippen MR) is 124 cm³/mol. The maximum absolute atomic E-state index is 11.3. The van der Waals surface area contributed by atoms with E-state index in [1.807, 2.05) is 6.92 Å². The lowest BCUT2D eigenvalue weighted by Gasteiger charge is -2.34. The van der Waals surface area contributed by atoms with E-state index in [1.165, 1.54) is 17.4 Å². The van der Waals surface area contributed by atoms with Gasteiger partial charge in [-0.1, -0.05) is 24.3 Å². The van der Waals surface area contributed by atoms with Crippen molar-refractivity contribution in [3.05, 3.63) is 35.4 Å². The van der Waals surface area contributed by atoms with Crippen molar-refractivity contribution in [1.29, 1.82) is 0 Å². The summed E-state index contributed by atoms with van der Waals surface area (Å²) in [7, 11) is -1.20. The number of nitrogens with zero attached hydrogens (tertiary/aromatic N) is 2. The summed E-state index contributed by atoms with van der Waals surface area (Å²) in [5.41, 5.74) is 2.88. The first kappa shape index (κ1) is 24.2. The minimum absolute atomic E-state index is 0. The standard InChI is InChI=1S/C19H32N4O2S.HI/c1-15(10-12-26(4,24)25)22-19(20-3)21-13-16(2)23-11-9-17-7-5-6-8-18(17)14-23;/h5-8,15-16H,9-14H2,1-4H3,(H2,20,21,22);1H. The number of rotatable bonds is 7. The predicted octanol–water partition coefficient (Wildman–Crippen LogP) is 2.04. The smallest absolute Gasteiger partial charge is 0.191 e. The van der Waals surface area contributed by atoms with Gasteiger partial charge in [0.25, 0.3) is 0 Å². The van der Waals surface area contributed by atoms with Gasteiger partial charge in [0.2, 0.25) is 0 Å². The molecule has 0 aliphatic carbocycles. The summed E-state index contributed by atoms with van der Waals surface area (Å²) in [6, 6.07) is 9.08. The van der Waals surface area contributed by atoms with Gasteiger partial charge < -0.3 is 10.6 Å². The molecular formula is C19H33IN4O2S. The van der Waals surface area contributed by atoms with Crippen molar-refractivity contribution in [2.24, 2.45) is 4.99 Å². The highest BCUT2D eigenvalue weighted by molar-refractivity contribution is 14.0. The minimum Gasteiger partial charge on any atom is -0.355 e. The normalized spacial score (nSPS) is 17.4. The fraction of sp³-hybridized carbons (Fsp3) is 0.632. The summed E-state index contributed by atoms with van der Waals surface area (Å²) in [5, 5.41) is 6.64. The molecule has 1 aromatic rings. The highest BCUT2D eigenvalue weighted by Gasteiger charge is 2.20. The number of sulfone groups is 1. The second kappa shape index (κ2) is 11.2. The van der Waals surface area contributed by atoms with Crippen LogP contribution in [0.2, 0.25) is 0 Å². The zero-order valence-electron chi connectivity index (χ0n) is 16.7. The molecule has 2 unspecified atom stereocenters. The Balaban J connectivity index is 0.00000364. The first-order chi connectivity index (χ1) is 12.3. The summed E-state index contributed by atoms with van der Waals surface area (Å²) < 4.78 is 22.6. The quantitative estimate of drug-likeness (QED) is 0.335. The topological polar surface area (TPSA) is 73.8 Å². The molecule has 8 heteroatoms. The Bertz CT molecular complexity index is 724. The van der Waals surface area contributed by atoms with E-state index in [4.69, 9.17) is 0 Å². The van der Waals surface area contributed by atoms with Crippen molar-refractivity contribution >= 4 is 39.8 Å². The van der Waals surface area contributed by atoms with Gasteiger partial charge in [-0.25, -0.2) is 8.42 Å². The molecule has 27 heavy (non-hydrogen) atoms. The summed E-state index contributed by atoms with van der Waals surface area (Å²) in [4.78, 5) is 6.73. The summed E-state index contributed by atoms with van der Waals surface area (Å²) in [6.45, 7) is 7.04. The fourth-order valence-corrected chi connectivity index (χ4v) is 3.94. The number of fused-ring (bicyclic) bond motifs is 1. The summed E-state index contributed by atoms with van der Waals surface area (Å²) in [5.74, 6) is 0.900. The molecule has 1 aromatic carbocycles. The van der Waals surface area contributed by atoms with Crippen molar-refractivity contribution in [1.82, 2.24) is 15.5 Å². The van der Waals surface area contributed by atoms with Gasteiger partial charge >= 0.3 is 0 Å². The SMILES string of the molecule is CN=C(NCC(C)N1CCc2ccccc2C1)NC(C)CCS(C)(=O)=O.I. The molecule has 6 nitrogen and oxygen atoms in total. The molecule has 0 aromatic heterocycles. The highest BCUT2D eigenvalue weighted by Crippen LogP contribution is 2.19. The zero-order chi connectivity index (χ0) is 19.2. The minimum atomic E-state index is -2.93. The van der Waals surface area contributed by atoms with Gasteiger partial charge in [-0.15, -0.1) is 24.0 Å². The van der Waals surface area contributed by atoms with E-state index >= 15 is 0 Å². The molecule has 2 atom stereocenters. The number of hydrogen-bond acceptors (Lipinski definition) is 4. The molecule has 0 spiro atoms. The third-order valence-corrected chi connectivity index (χ3v) is 5.85. The van der Waals surface area contributed by atoms with Crippen LogP contribution in [0.4, 0.5) is 0 Å². The molecule has 154 valence electrons. The fourth-order valence-electron chi connectivity index (χ4n) is 3.16. The molecule has 0 saturated carbocycles. The van der Waals surface area contributed by atoms with Crippen LogP contribution < -0.4 is 10.6 Å². The molecule has 1 aliphatic rings. The van der Waals surface area contributed by atoms with Crippen LogP contribution in [0.3, 0.4) is 0 Å². The molecule has 2 N–H and O–H groups in total. The van der Waals surface area contributed by atoms with Crippen LogP contribution in [0.1, 0.15) is 31.4 Å². The van der Waals surface area contributed by atoms with Crippen LogP contribution in [0, 0.1) is 0 Å². The number of guanidine groups is 1. The van der Waals surface area contributed by atoms with E-state index < -0.39 is 9.84 Å². The zero-order valence-corrected chi connectivity index (χ0v) is 19.9. The first-order valence-electron chi connectivity index (χ1n) is 9.24. The molecule has 0 radical (unpaired) electrons. The number of hydrogen-bond donors (Lipinski definition) is 2. The Labute approximate surface area is 181 Å². The molecule has 0 fully saturated rings. The molecule has 2 rings (SSSR count). The second-order valence-electron chi connectivity index (χ2n) is 7.26. The van der Waals surface area contributed by atoms with Crippen LogP contribution in [0.15, 0.2) is 29.3 Å². The Morgan fingerprint density at radius 1 is 1.26 bits per heavy atom. The van der Waals surface area contributed by atoms with Gasteiger partial charge in [0.15, 0.2) is 5.96 Å². The van der Waals surface area contributed by atoms with Gasteiger partial charge in [-0.2, -0.15) is 0 Å². The van der Waals surface area contributed by atoms with Gasteiger partial charge in [0.05, 0.1) is 5.75 Å². The lowest BCUT2D eigenvalue weighted by atomic mass is 9.99. The van der Waals surface area contributed by atoms with Crippen molar-refractivity contribution in [3.63, 3.8) is 0 Å². The van der Waals surface area contributed by atoms with Gasteiger partial charge in [-0.3, -0.25) is 9.89 Å². The van der Waals surface area contributed by atoms with Crippen molar-refractivity contribution in [2.45, 2.75) is 45.3 Å². The van der Waals surface area contributed by atoms with E-state index in [9.17, 15) is 8.42 Å². The molecule has 1 heterocycles. The van der Waals surface area contributed by atoms with Crippen LogP contribution in [0.5, 0.6) is 0 Å². The van der Waals surface area contributed by atoms with E-state index in [1.54, 1.807) is 7.05 Å². The summed E-state index contributed by atoms with van der Waals surface area (Å²) in [6.07, 6.45) is 2.93. The van der Waals surface area contributed by atoms with E-state index in [2.05, 4.69) is 51.7 Å². The molecule has 0 saturated heterocycles. The summed E-state index contributed by atoms with van der Waals surface area (Å²) >= 11 is 0. The van der Waals surface area contributed by atoms with Crippen LogP contribution in [-0.2, 0) is 22.8 Å². The molecule has 0 bridgehead atoms. The van der Waals surface area contributed by atoms with Crippen molar-refractivity contribution in [3.8, 4) is 0 Å². The Morgan fingerprint density at radius 2 is 1.93 bits per heavy atom. The van der Waals surface area contributed by atoms with Crippen LogP contribution in [0.25, 0.3) is 0 Å². The van der Waals surface area contributed by atoms with Gasteiger partial charge in [0, 0.05) is 45.0 Å². The maximum atomic E-state index is 11.3. The molecule has 0 amide bonds. The number of nitrogens with one attached hydrogen (secondary N) is 2. The number of aliphatic imine (C=N–C) groups is 1. The Hall–Kier alpha value is -0.870. The second-order valence-corrected chi connectivity index (χ2v) is 9.52. The third kappa shape index (κ3) is 8.35. The van der Waals surface area contributed by atoms with Crippen molar-refractivity contribution < 1.29 is 8.42 Å². The Kier molecular flexibility index (Phi) is 10.0. The maximum Gasteiger partial charge on any atom is 0.191 e. The largest absolute Gasteiger partial charge is 0.355 e. The monoisotopic (exact) mass is 508 g/mol. The third-order valence-electron chi connectivity index (χ3n) is 4.88. The first-order valence-corrected chi connectivity index (χ1v) is 11.3. The van der Waals surface area contributed by atoms with Gasteiger partial charge in [0.1, 0.15) is 9.84 Å². The van der Waals surface area contributed by atoms with E-state index in [0.717, 1.165) is 32.0 Å². The van der Waals surface area contributed by atoms with E-state index in [-0.39, 0.29) is 35.8 Å². The van der Waals surface area contributed by atoms with Gasteiger partial charge in [-0.05, 0) is 37.8 Å². The average molecular weight is 508 g/mol. The van der Waals surface area contributed by atoms with Crippen LogP contribution in [-0.4, -0.2) is 63.5 Å². The average Bonchev–Trinajstić information content (AvgIpc) is 2.62. The van der Waals surface area contributed by atoms with E-state index in [0.29, 0.717) is 12.5 Å². The van der Waals surface area contributed by atoms with Crippen LogP contribution >= 0.6 is 24.0 Å².